The van der Waals surface area contributed by atoms with Crippen molar-refractivity contribution in [1.82, 2.24) is 5.32 Å². The summed E-state index contributed by atoms with van der Waals surface area (Å²) >= 11 is 0. The zero-order chi connectivity index (χ0) is 15.7. The van der Waals surface area contributed by atoms with Gasteiger partial charge in [-0.25, -0.2) is 4.79 Å². The quantitative estimate of drug-likeness (QED) is 0.812. The van der Waals surface area contributed by atoms with Crippen molar-refractivity contribution in [3.8, 4) is 0 Å². The van der Waals surface area contributed by atoms with Gasteiger partial charge in [-0.2, -0.15) is 0 Å². The van der Waals surface area contributed by atoms with Gasteiger partial charge >= 0.3 is 12.1 Å². The summed E-state index contributed by atoms with van der Waals surface area (Å²) in [5.74, 6) is -0.571. The van der Waals surface area contributed by atoms with E-state index in [9.17, 15) is 14.7 Å². The van der Waals surface area contributed by atoms with Crippen molar-refractivity contribution in [3.63, 3.8) is 0 Å². The van der Waals surface area contributed by atoms with Gasteiger partial charge in [-0.05, 0) is 37.4 Å². The van der Waals surface area contributed by atoms with Crippen molar-refractivity contribution >= 4 is 17.7 Å². The molecule has 2 aliphatic heterocycles. The third-order valence-corrected chi connectivity index (χ3v) is 4.64. The minimum absolute atomic E-state index is 0.218. The van der Waals surface area contributed by atoms with Crippen LogP contribution in [-0.2, 0) is 16.0 Å². The highest BCUT2D eigenvalue weighted by Gasteiger charge is 2.44. The Balaban J connectivity index is 1.93. The number of ether oxygens (including phenoxy) is 1. The Kier molecular flexibility index (Phi) is 4.02. The third-order valence-electron chi connectivity index (χ3n) is 4.64. The van der Waals surface area contributed by atoms with E-state index in [1.165, 1.54) is 12.0 Å². The lowest BCUT2D eigenvalue weighted by molar-refractivity contribution is -0.147. The van der Waals surface area contributed by atoms with Gasteiger partial charge in [-0.1, -0.05) is 18.2 Å². The lowest BCUT2D eigenvalue weighted by Crippen LogP contribution is -2.58. The normalized spacial score (nSPS) is 27.3. The molecule has 22 heavy (non-hydrogen) atoms. The van der Waals surface area contributed by atoms with Gasteiger partial charge in [0.1, 0.15) is 0 Å². The number of hydrogen-bond donors (Lipinski definition) is 2. The van der Waals surface area contributed by atoms with Crippen LogP contribution in [0.3, 0.4) is 0 Å². The summed E-state index contributed by atoms with van der Waals surface area (Å²) < 4.78 is 4.91. The van der Waals surface area contributed by atoms with E-state index in [-0.39, 0.29) is 24.0 Å². The highest BCUT2D eigenvalue weighted by molar-refractivity contribution is 5.90. The molecule has 118 valence electrons. The van der Waals surface area contributed by atoms with E-state index < -0.39 is 6.09 Å². The Bertz CT molecular complexity index is 589. The molecule has 2 aliphatic rings. The zero-order valence-corrected chi connectivity index (χ0v) is 12.5. The molecule has 1 aromatic carbocycles. The van der Waals surface area contributed by atoms with Gasteiger partial charge in [-0.15, -0.1) is 0 Å². The van der Waals surface area contributed by atoms with Crippen LogP contribution >= 0.6 is 0 Å². The smallest absolute Gasteiger partial charge is 0.412 e. The molecule has 0 saturated carbocycles. The summed E-state index contributed by atoms with van der Waals surface area (Å²) in [7, 11) is 1.38. The second-order valence-corrected chi connectivity index (χ2v) is 5.80. The van der Waals surface area contributed by atoms with Crippen LogP contribution in [0.25, 0.3) is 0 Å². The second kappa shape index (κ2) is 5.96. The number of carboxylic acid groups (broad SMARTS) is 1. The molecule has 0 bridgehead atoms. The van der Waals surface area contributed by atoms with Crippen LogP contribution in [0.1, 0.15) is 18.4 Å². The second-order valence-electron chi connectivity index (χ2n) is 5.80. The van der Waals surface area contributed by atoms with Crippen LogP contribution in [0.15, 0.2) is 24.3 Å². The molecule has 1 amide bonds. The number of nitrogens with zero attached hydrogens (tertiary/aromatic N) is 1. The number of esters is 1. The van der Waals surface area contributed by atoms with E-state index >= 15 is 0 Å². The fraction of sp³-hybridized carbons (Fsp3) is 0.500. The van der Waals surface area contributed by atoms with Crippen LogP contribution in [0.4, 0.5) is 10.5 Å². The maximum absolute atomic E-state index is 12.1. The summed E-state index contributed by atoms with van der Waals surface area (Å²) in [6.45, 7) is 0.790. The summed E-state index contributed by atoms with van der Waals surface area (Å²) in [5, 5.41) is 13.0. The number of piperidine rings is 1. The van der Waals surface area contributed by atoms with Crippen LogP contribution in [-0.4, -0.2) is 42.9 Å². The predicted molar refractivity (Wildman–Crippen MR) is 81.0 cm³/mol. The summed E-state index contributed by atoms with van der Waals surface area (Å²) in [6.07, 6.45) is 1.26. The summed E-state index contributed by atoms with van der Waals surface area (Å²) in [5.41, 5.74) is 1.72. The van der Waals surface area contributed by atoms with Crippen molar-refractivity contribution in [1.29, 1.82) is 0 Å². The first-order valence-corrected chi connectivity index (χ1v) is 7.54. The van der Waals surface area contributed by atoms with Crippen molar-refractivity contribution in [2.45, 2.75) is 31.3 Å². The Hall–Kier alpha value is -2.08. The number of anilines is 1. The number of hydrogen-bond acceptors (Lipinski definition) is 4. The first-order chi connectivity index (χ1) is 10.6. The number of fused-ring (bicyclic) bond motifs is 1. The van der Waals surface area contributed by atoms with Crippen molar-refractivity contribution < 1.29 is 19.4 Å². The molecule has 3 rings (SSSR count). The van der Waals surface area contributed by atoms with E-state index in [1.807, 2.05) is 24.3 Å². The summed E-state index contributed by atoms with van der Waals surface area (Å²) in [4.78, 5) is 25.2. The van der Waals surface area contributed by atoms with Crippen LogP contribution in [0.2, 0.25) is 0 Å². The fourth-order valence-electron chi connectivity index (χ4n) is 3.68. The first kappa shape index (κ1) is 14.8. The maximum Gasteiger partial charge on any atom is 0.412 e. The van der Waals surface area contributed by atoms with Gasteiger partial charge in [0.05, 0.1) is 24.8 Å². The SMILES string of the molecule is COC(=O)C1CCCNC1C1Cc2ccccc2N1C(=O)O. The molecule has 0 aliphatic carbocycles. The monoisotopic (exact) mass is 304 g/mol. The highest BCUT2D eigenvalue weighted by Crippen LogP contribution is 2.36. The van der Waals surface area contributed by atoms with Crippen LogP contribution in [0.5, 0.6) is 0 Å². The Morgan fingerprint density at radius 1 is 1.36 bits per heavy atom. The molecule has 6 nitrogen and oxygen atoms in total. The topological polar surface area (TPSA) is 78.9 Å². The van der Waals surface area contributed by atoms with Crippen LogP contribution < -0.4 is 10.2 Å². The molecule has 1 aromatic rings. The number of para-hydroxylation sites is 1. The molecular formula is C16H20N2O4. The number of carbonyl (C=O) groups excluding carboxylic acids is 1. The van der Waals surface area contributed by atoms with Gasteiger partial charge in [0, 0.05) is 6.04 Å². The number of carbonyl (C=O) groups is 2. The molecule has 0 aromatic heterocycles. The van der Waals surface area contributed by atoms with Gasteiger partial charge < -0.3 is 15.2 Å². The average molecular weight is 304 g/mol. The van der Waals surface area contributed by atoms with Crippen molar-refractivity contribution in [2.75, 3.05) is 18.6 Å². The van der Waals surface area contributed by atoms with Crippen molar-refractivity contribution in [3.05, 3.63) is 29.8 Å². The number of rotatable bonds is 2. The number of methoxy groups -OCH3 is 1. The van der Waals surface area contributed by atoms with E-state index in [2.05, 4.69) is 5.32 Å². The lowest BCUT2D eigenvalue weighted by Gasteiger charge is -2.37. The van der Waals surface area contributed by atoms with Gasteiger partial charge in [0.2, 0.25) is 0 Å². The number of nitrogens with one attached hydrogen (secondary N) is 1. The Morgan fingerprint density at radius 2 is 2.14 bits per heavy atom. The van der Waals surface area contributed by atoms with E-state index in [1.54, 1.807) is 0 Å². The van der Waals surface area contributed by atoms with E-state index in [0.29, 0.717) is 6.42 Å². The highest BCUT2D eigenvalue weighted by atomic mass is 16.5. The molecule has 2 heterocycles. The maximum atomic E-state index is 12.1. The molecule has 1 fully saturated rings. The molecule has 0 radical (unpaired) electrons. The Morgan fingerprint density at radius 3 is 2.86 bits per heavy atom. The number of benzene rings is 1. The number of amides is 1. The fourth-order valence-corrected chi connectivity index (χ4v) is 3.68. The van der Waals surface area contributed by atoms with Gasteiger partial charge in [0.25, 0.3) is 0 Å². The van der Waals surface area contributed by atoms with E-state index in [0.717, 1.165) is 30.6 Å². The summed E-state index contributed by atoms with van der Waals surface area (Å²) in [6, 6.07) is 7.01. The molecule has 3 atom stereocenters. The van der Waals surface area contributed by atoms with Crippen LogP contribution in [0, 0.1) is 5.92 Å². The molecular weight excluding hydrogens is 284 g/mol. The van der Waals surface area contributed by atoms with Gasteiger partial charge in [-0.3, -0.25) is 9.69 Å². The largest absolute Gasteiger partial charge is 0.469 e. The minimum atomic E-state index is -0.981. The van der Waals surface area contributed by atoms with Gasteiger partial charge in [0.15, 0.2) is 0 Å². The zero-order valence-electron chi connectivity index (χ0n) is 12.5. The van der Waals surface area contributed by atoms with E-state index in [4.69, 9.17) is 4.74 Å². The molecule has 2 N–H and O–H groups in total. The third kappa shape index (κ3) is 2.43. The minimum Gasteiger partial charge on any atom is -0.469 e. The standard InChI is InChI=1S/C16H20N2O4/c1-22-15(19)11-6-4-8-17-14(11)13-9-10-5-2-3-7-12(10)18(13)16(20)21/h2-3,5,7,11,13-14,17H,4,6,8-9H2,1H3,(H,20,21). The lowest BCUT2D eigenvalue weighted by atomic mass is 9.85. The average Bonchev–Trinajstić information content (AvgIpc) is 2.93. The Labute approximate surface area is 129 Å². The molecule has 1 saturated heterocycles. The van der Waals surface area contributed by atoms with Crippen molar-refractivity contribution in [2.24, 2.45) is 5.92 Å². The predicted octanol–water partition coefficient (Wildman–Crippen LogP) is 1.64. The molecule has 0 spiro atoms. The molecule has 3 unspecified atom stereocenters. The molecule has 6 heteroatoms. The first-order valence-electron chi connectivity index (χ1n) is 7.54.